The lowest BCUT2D eigenvalue weighted by Crippen LogP contribution is -2.46. The maximum absolute atomic E-state index is 4.73. The van der Waals surface area contributed by atoms with Crippen molar-refractivity contribution >= 4 is 0 Å². The Morgan fingerprint density at radius 2 is 1.27 bits per heavy atom. The molecule has 3 aromatic heterocycles. The summed E-state index contributed by atoms with van der Waals surface area (Å²) in [5, 5.41) is 7.86. The van der Waals surface area contributed by atoms with Gasteiger partial charge in [-0.05, 0) is 82.1 Å². The van der Waals surface area contributed by atoms with Crippen molar-refractivity contribution in [3.05, 3.63) is 172 Å². The molecule has 3 aliphatic rings. The van der Waals surface area contributed by atoms with Gasteiger partial charge in [0.05, 0.1) is 17.8 Å². The van der Waals surface area contributed by atoms with Crippen molar-refractivity contribution in [2.75, 3.05) is 13.7 Å². The van der Waals surface area contributed by atoms with E-state index in [0.29, 0.717) is 0 Å². The van der Waals surface area contributed by atoms with Crippen LogP contribution in [0.2, 0.25) is 0 Å². The SMILES string of the molecule is CC1=C(C)N(C2(c3cccc(C4(c5ccn[nH]5)c5ccccc5-c5ccncc54)c3)c3ccccc3-c3ccncc32)CN1C. The maximum Gasteiger partial charge on any atom is 0.120 e. The van der Waals surface area contributed by atoms with Crippen molar-refractivity contribution in [1.82, 2.24) is 30.0 Å². The molecule has 45 heavy (non-hydrogen) atoms. The van der Waals surface area contributed by atoms with Gasteiger partial charge in [0.1, 0.15) is 5.54 Å². The van der Waals surface area contributed by atoms with Crippen LogP contribution in [0.1, 0.15) is 52.9 Å². The lowest BCUT2D eigenvalue weighted by atomic mass is 9.69. The number of benzene rings is 3. The Balaban J connectivity index is 1.39. The Morgan fingerprint density at radius 3 is 1.98 bits per heavy atom. The molecule has 9 rings (SSSR count). The fraction of sp³-hybridized carbons (Fsp3) is 0.154. The van der Waals surface area contributed by atoms with E-state index in [1.165, 1.54) is 61.5 Å². The van der Waals surface area contributed by atoms with E-state index in [0.717, 1.165) is 17.9 Å². The van der Waals surface area contributed by atoms with Gasteiger partial charge in [-0.3, -0.25) is 15.1 Å². The highest BCUT2D eigenvalue weighted by Gasteiger charge is 2.53. The van der Waals surface area contributed by atoms with Crippen molar-refractivity contribution in [1.29, 1.82) is 0 Å². The molecule has 0 radical (unpaired) electrons. The molecule has 4 heterocycles. The number of allylic oxidation sites excluding steroid dienone is 2. The molecule has 0 amide bonds. The van der Waals surface area contributed by atoms with Crippen LogP contribution in [0.5, 0.6) is 0 Å². The molecule has 3 aromatic carbocycles. The zero-order chi connectivity index (χ0) is 30.3. The van der Waals surface area contributed by atoms with Crippen LogP contribution in [0.15, 0.2) is 133 Å². The third-order valence-electron chi connectivity index (χ3n) is 10.5. The highest BCUT2D eigenvalue weighted by atomic mass is 15.4. The second-order valence-corrected chi connectivity index (χ2v) is 12.4. The predicted octanol–water partition coefficient (Wildman–Crippen LogP) is 7.29. The second-order valence-electron chi connectivity index (χ2n) is 12.4. The minimum atomic E-state index is -0.619. The van der Waals surface area contributed by atoms with Crippen LogP contribution in [-0.2, 0) is 11.0 Å². The van der Waals surface area contributed by atoms with E-state index >= 15 is 0 Å². The fourth-order valence-electron chi connectivity index (χ4n) is 8.42. The van der Waals surface area contributed by atoms with Crippen molar-refractivity contribution in [2.45, 2.75) is 24.8 Å². The fourth-order valence-corrected chi connectivity index (χ4v) is 8.42. The monoisotopic (exact) mass is 584 g/mol. The van der Waals surface area contributed by atoms with E-state index in [1.54, 1.807) is 0 Å². The number of pyridine rings is 2. The van der Waals surface area contributed by atoms with E-state index in [9.17, 15) is 0 Å². The number of hydrogen-bond donors (Lipinski definition) is 1. The summed E-state index contributed by atoms with van der Waals surface area (Å²) in [6.45, 7) is 5.24. The summed E-state index contributed by atoms with van der Waals surface area (Å²) in [4.78, 5) is 14.3. The molecule has 218 valence electrons. The number of H-pyrrole nitrogens is 1. The Hall–Kier alpha value is -5.49. The molecule has 2 aliphatic carbocycles. The molecule has 2 atom stereocenters. The smallest absolute Gasteiger partial charge is 0.120 e. The van der Waals surface area contributed by atoms with Crippen LogP contribution in [0, 0.1) is 0 Å². The van der Waals surface area contributed by atoms with Gasteiger partial charge in [0.15, 0.2) is 0 Å². The van der Waals surface area contributed by atoms with E-state index in [-0.39, 0.29) is 0 Å². The lowest BCUT2D eigenvalue weighted by molar-refractivity contribution is 0.181. The summed E-state index contributed by atoms with van der Waals surface area (Å²) in [5.41, 5.74) is 14.5. The largest absolute Gasteiger partial charge is 0.359 e. The molecule has 0 fully saturated rings. The number of fused-ring (bicyclic) bond motifs is 6. The topological polar surface area (TPSA) is 60.9 Å². The molecule has 6 heteroatoms. The number of hydrogen-bond acceptors (Lipinski definition) is 5. The molecule has 6 nitrogen and oxygen atoms in total. The zero-order valence-corrected chi connectivity index (χ0v) is 25.5. The van der Waals surface area contributed by atoms with Gasteiger partial charge >= 0.3 is 0 Å². The molecule has 0 saturated heterocycles. The molecule has 6 aromatic rings. The van der Waals surface area contributed by atoms with Gasteiger partial charge in [-0.2, -0.15) is 5.10 Å². The van der Waals surface area contributed by atoms with E-state index in [4.69, 9.17) is 4.98 Å². The summed E-state index contributed by atoms with van der Waals surface area (Å²) < 4.78 is 0. The Bertz CT molecular complexity index is 2070. The first kappa shape index (κ1) is 26.0. The Labute approximate surface area is 262 Å². The Morgan fingerprint density at radius 1 is 0.622 bits per heavy atom. The van der Waals surface area contributed by atoms with Gasteiger partial charge in [0.25, 0.3) is 0 Å². The number of nitrogens with zero attached hydrogens (tertiary/aromatic N) is 5. The molecule has 1 N–H and O–H groups in total. The molecule has 0 bridgehead atoms. The van der Waals surface area contributed by atoms with Gasteiger partial charge in [0.2, 0.25) is 0 Å². The molecule has 0 saturated carbocycles. The number of rotatable bonds is 4. The second kappa shape index (κ2) is 9.26. The highest BCUT2D eigenvalue weighted by Crippen LogP contribution is 2.59. The highest BCUT2D eigenvalue weighted by molar-refractivity contribution is 5.86. The molecular weight excluding hydrogens is 552 g/mol. The molecule has 1 aliphatic heterocycles. The van der Waals surface area contributed by atoms with Crippen molar-refractivity contribution < 1.29 is 0 Å². The third kappa shape index (κ3) is 3.16. The van der Waals surface area contributed by atoms with Gasteiger partial charge in [0, 0.05) is 55.0 Å². The van der Waals surface area contributed by atoms with Crippen molar-refractivity contribution in [2.24, 2.45) is 0 Å². The first-order chi connectivity index (χ1) is 22.1. The minimum absolute atomic E-state index is 0.586. The summed E-state index contributed by atoms with van der Waals surface area (Å²) in [7, 11) is 2.18. The van der Waals surface area contributed by atoms with Gasteiger partial charge in [-0.15, -0.1) is 0 Å². The number of aromatic nitrogens is 4. The van der Waals surface area contributed by atoms with Gasteiger partial charge in [-0.1, -0.05) is 72.8 Å². The Kier molecular flexibility index (Phi) is 5.34. The van der Waals surface area contributed by atoms with E-state index < -0.39 is 11.0 Å². The average molecular weight is 585 g/mol. The van der Waals surface area contributed by atoms with Gasteiger partial charge < -0.3 is 9.80 Å². The summed E-state index contributed by atoms with van der Waals surface area (Å²) >= 11 is 0. The van der Waals surface area contributed by atoms with Crippen LogP contribution in [0.25, 0.3) is 22.3 Å². The van der Waals surface area contributed by atoms with Crippen molar-refractivity contribution in [3.63, 3.8) is 0 Å². The van der Waals surface area contributed by atoms with Crippen molar-refractivity contribution in [3.8, 4) is 22.3 Å². The standard InChI is InChI=1S/C39H32N6/c1-25-26(2)45(24-44(25)3)39(34-14-7-5-12-30(34)32-16-19-41-23-36(32)39)28-10-8-9-27(21-28)38(37-17-20-42-43-37)33-13-6-4-11-29(33)31-15-18-40-22-35(31)38/h4-23H,24H2,1-3H3,(H,42,43). The zero-order valence-electron chi connectivity index (χ0n) is 25.5. The molecular formula is C39H32N6. The maximum atomic E-state index is 4.73. The van der Waals surface area contributed by atoms with Crippen LogP contribution in [0.4, 0.5) is 0 Å². The first-order valence-electron chi connectivity index (χ1n) is 15.4. The van der Waals surface area contributed by atoms with Crippen LogP contribution >= 0.6 is 0 Å². The van der Waals surface area contributed by atoms with E-state index in [1.807, 2.05) is 24.8 Å². The van der Waals surface area contributed by atoms with E-state index in [2.05, 4.69) is 143 Å². The summed E-state index contributed by atoms with van der Waals surface area (Å²) in [5.74, 6) is 0. The lowest BCUT2D eigenvalue weighted by Gasteiger charge is -2.44. The van der Waals surface area contributed by atoms with Gasteiger partial charge in [-0.25, -0.2) is 0 Å². The first-order valence-corrected chi connectivity index (χ1v) is 15.4. The predicted molar refractivity (Wildman–Crippen MR) is 176 cm³/mol. The quantitative estimate of drug-likeness (QED) is 0.235. The normalized spacial score (nSPS) is 21.1. The van der Waals surface area contributed by atoms with Crippen LogP contribution in [0.3, 0.4) is 0 Å². The number of aromatic amines is 1. The third-order valence-corrected chi connectivity index (χ3v) is 10.5. The minimum Gasteiger partial charge on any atom is -0.359 e. The molecule has 0 spiro atoms. The van der Waals surface area contributed by atoms with Crippen LogP contribution in [-0.4, -0.2) is 43.7 Å². The van der Waals surface area contributed by atoms with Crippen LogP contribution < -0.4 is 0 Å². The number of nitrogens with one attached hydrogen (secondary N) is 1. The average Bonchev–Trinajstić information content (AvgIpc) is 3.85. The summed E-state index contributed by atoms with van der Waals surface area (Å²) in [6, 6.07) is 33.3. The molecule has 2 unspecified atom stereocenters. The summed E-state index contributed by atoms with van der Waals surface area (Å²) in [6.07, 6.45) is 9.78.